The van der Waals surface area contributed by atoms with Gasteiger partial charge in [0.2, 0.25) is 5.88 Å². The maximum atomic E-state index is 12.0. The molecule has 1 heterocycles. The number of aromatic nitrogens is 1. The van der Waals surface area contributed by atoms with E-state index in [1.807, 2.05) is 31.2 Å². The second-order valence-electron chi connectivity index (χ2n) is 7.79. The van der Waals surface area contributed by atoms with Crippen LogP contribution in [0.2, 0.25) is 0 Å². The molecule has 142 valence electrons. The number of carbonyl (C=O) groups is 2. The second-order valence-corrected chi connectivity index (χ2v) is 7.79. The number of nitrogens with zero attached hydrogens (tertiary/aromatic N) is 1. The molecule has 0 saturated heterocycles. The van der Waals surface area contributed by atoms with E-state index in [0.717, 1.165) is 23.5 Å². The van der Waals surface area contributed by atoms with Gasteiger partial charge in [-0.25, -0.2) is 0 Å². The van der Waals surface area contributed by atoms with E-state index in [9.17, 15) is 9.59 Å². The lowest BCUT2D eigenvalue weighted by molar-refractivity contribution is -0.148. The van der Waals surface area contributed by atoms with Gasteiger partial charge in [0, 0.05) is 18.1 Å². The van der Waals surface area contributed by atoms with E-state index in [1.54, 1.807) is 6.07 Å². The van der Waals surface area contributed by atoms with Crippen molar-refractivity contribution in [3.63, 3.8) is 0 Å². The van der Waals surface area contributed by atoms with Crippen LogP contribution in [0.1, 0.15) is 37.7 Å². The summed E-state index contributed by atoms with van der Waals surface area (Å²) in [6.45, 7) is 1.71. The summed E-state index contributed by atoms with van der Waals surface area (Å²) in [6, 6.07) is 9.50. The van der Waals surface area contributed by atoms with Gasteiger partial charge in [-0.3, -0.25) is 14.9 Å². The number of benzene rings is 1. The monoisotopic (exact) mass is 368 g/mol. The van der Waals surface area contributed by atoms with Gasteiger partial charge in [0.05, 0.1) is 0 Å². The molecule has 2 aliphatic rings. The molecule has 0 aliphatic heterocycles. The van der Waals surface area contributed by atoms with E-state index in [4.69, 9.17) is 9.26 Å². The smallest absolute Gasteiger partial charge is 0.306 e. The lowest BCUT2D eigenvalue weighted by Gasteiger charge is -2.20. The average molecular weight is 368 g/mol. The van der Waals surface area contributed by atoms with Crippen LogP contribution >= 0.6 is 0 Å². The Morgan fingerprint density at radius 3 is 2.74 bits per heavy atom. The number of rotatable bonds is 6. The maximum Gasteiger partial charge on any atom is 0.306 e. The highest BCUT2D eigenvalue weighted by Gasteiger charge is 2.40. The first-order valence-corrected chi connectivity index (χ1v) is 9.56. The molecule has 2 saturated carbocycles. The third kappa shape index (κ3) is 4.21. The van der Waals surface area contributed by atoms with E-state index < -0.39 is 5.91 Å². The van der Waals surface area contributed by atoms with Crippen LogP contribution in [0.25, 0.3) is 11.3 Å². The predicted octanol–water partition coefficient (Wildman–Crippen LogP) is 3.96. The maximum absolute atomic E-state index is 12.0. The van der Waals surface area contributed by atoms with Gasteiger partial charge < -0.3 is 9.26 Å². The van der Waals surface area contributed by atoms with Gasteiger partial charge in [-0.05, 0) is 43.9 Å². The molecule has 1 amide bonds. The number of fused-ring (bicyclic) bond motifs is 2. The summed E-state index contributed by atoms with van der Waals surface area (Å²) in [5.41, 5.74) is 2.70. The van der Waals surface area contributed by atoms with Crippen molar-refractivity contribution in [1.82, 2.24) is 5.16 Å². The molecule has 6 heteroatoms. The first-order chi connectivity index (χ1) is 13.1. The lowest BCUT2D eigenvalue weighted by atomic mass is 9.86. The van der Waals surface area contributed by atoms with Crippen molar-refractivity contribution in [2.24, 2.45) is 17.8 Å². The van der Waals surface area contributed by atoms with Gasteiger partial charge >= 0.3 is 5.97 Å². The topological polar surface area (TPSA) is 81.4 Å². The number of ether oxygens (including phenoxy) is 1. The Labute approximate surface area is 158 Å². The number of esters is 1. The third-order valence-electron chi connectivity index (χ3n) is 5.80. The third-order valence-corrected chi connectivity index (χ3v) is 5.80. The minimum atomic E-state index is -0.428. The van der Waals surface area contributed by atoms with E-state index in [2.05, 4.69) is 10.5 Å². The normalized spacial score (nSPS) is 23.4. The molecule has 2 aliphatic carbocycles. The van der Waals surface area contributed by atoms with Crippen molar-refractivity contribution < 1.29 is 18.8 Å². The van der Waals surface area contributed by atoms with E-state index in [0.29, 0.717) is 24.0 Å². The van der Waals surface area contributed by atoms with Crippen LogP contribution in [-0.4, -0.2) is 23.6 Å². The number of carbonyl (C=O) groups excluding carboxylic acids is 2. The SMILES string of the molecule is Cc1ccc(-c2cc(NC(=O)COC(=O)C[C@@H]3C[C@@H]4CC[C@@H]3C4)on2)cc1. The largest absolute Gasteiger partial charge is 0.456 e. The van der Waals surface area contributed by atoms with Gasteiger partial charge in [-0.2, -0.15) is 0 Å². The van der Waals surface area contributed by atoms with E-state index in [1.165, 1.54) is 19.3 Å². The fraction of sp³-hybridized carbons (Fsp3) is 0.476. The Balaban J connectivity index is 1.23. The molecular weight excluding hydrogens is 344 g/mol. The summed E-state index contributed by atoms with van der Waals surface area (Å²) in [7, 11) is 0. The molecule has 27 heavy (non-hydrogen) atoms. The standard InChI is InChI=1S/C21H24N2O4/c1-13-2-5-15(6-3-13)18-11-20(27-23-18)22-19(24)12-26-21(25)10-17-9-14-4-7-16(17)8-14/h2-3,5-6,11,14,16-17H,4,7-10,12H2,1H3,(H,22,24)/t14-,16-,17+/m1/s1. The first-order valence-electron chi connectivity index (χ1n) is 9.56. The molecule has 1 aromatic heterocycles. The van der Waals surface area contributed by atoms with Crippen LogP contribution in [0.15, 0.2) is 34.9 Å². The molecule has 4 rings (SSSR count). The number of amides is 1. The fourth-order valence-electron chi connectivity index (χ4n) is 4.41. The van der Waals surface area contributed by atoms with Gasteiger partial charge in [-0.15, -0.1) is 0 Å². The molecule has 6 nitrogen and oxygen atoms in total. The number of aryl methyl sites for hydroxylation is 1. The Bertz CT molecular complexity index is 827. The summed E-state index contributed by atoms with van der Waals surface area (Å²) in [5, 5.41) is 6.53. The van der Waals surface area contributed by atoms with Crippen molar-refractivity contribution >= 4 is 17.8 Å². The summed E-state index contributed by atoms with van der Waals surface area (Å²) >= 11 is 0. The zero-order valence-electron chi connectivity index (χ0n) is 15.4. The number of anilines is 1. The Hall–Kier alpha value is -2.63. The van der Waals surface area contributed by atoms with Gasteiger partial charge in [0.1, 0.15) is 5.69 Å². The Morgan fingerprint density at radius 1 is 1.22 bits per heavy atom. The van der Waals surface area contributed by atoms with Crippen LogP contribution in [0.4, 0.5) is 5.88 Å². The van der Waals surface area contributed by atoms with Gasteiger partial charge in [0.25, 0.3) is 5.91 Å². The minimum Gasteiger partial charge on any atom is -0.456 e. The van der Waals surface area contributed by atoms with Crippen molar-refractivity contribution in [2.45, 2.75) is 39.0 Å². The molecule has 1 N–H and O–H groups in total. The molecule has 2 bridgehead atoms. The lowest BCUT2D eigenvalue weighted by Crippen LogP contribution is -2.23. The summed E-state index contributed by atoms with van der Waals surface area (Å²) in [5.74, 6) is 1.42. The van der Waals surface area contributed by atoms with Crippen molar-refractivity contribution in [3.05, 3.63) is 35.9 Å². The van der Waals surface area contributed by atoms with Crippen molar-refractivity contribution in [3.8, 4) is 11.3 Å². The van der Waals surface area contributed by atoms with Crippen LogP contribution in [0.3, 0.4) is 0 Å². The van der Waals surface area contributed by atoms with Crippen LogP contribution in [0, 0.1) is 24.7 Å². The van der Waals surface area contributed by atoms with Crippen LogP contribution in [0.5, 0.6) is 0 Å². The molecule has 2 fully saturated rings. The number of nitrogens with one attached hydrogen (secondary N) is 1. The minimum absolute atomic E-state index is 0.236. The summed E-state index contributed by atoms with van der Waals surface area (Å²) < 4.78 is 10.3. The zero-order valence-corrected chi connectivity index (χ0v) is 15.4. The summed E-state index contributed by atoms with van der Waals surface area (Å²) in [4.78, 5) is 24.0. The van der Waals surface area contributed by atoms with Crippen molar-refractivity contribution in [2.75, 3.05) is 11.9 Å². The van der Waals surface area contributed by atoms with Crippen LogP contribution in [-0.2, 0) is 14.3 Å². The molecule has 0 radical (unpaired) electrons. The highest BCUT2D eigenvalue weighted by atomic mass is 16.5. The second kappa shape index (κ2) is 7.55. The molecule has 1 aromatic carbocycles. The average Bonchev–Trinajstić information content (AvgIpc) is 3.38. The Kier molecular flexibility index (Phi) is 4.97. The van der Waals surface area contributed by atoms with Gasteiger partial charge in [-0.1, -0.05) is 41.4 Å². The molecule has 2 aromatic rings. The highest BCUT2D eigenvalue weighted by Crippen LogP contribution is 2.49. The summed E-state index contributed by atoms with van der Waals surface area (Å²) in [6.07, 6.45) is 5.35. The zero-order chi connectivity index (χ0) is 18.8. The first kappa shape index (κ1) is 17.8. The Morgan fingerprint density at radius 2 is 2.04 bits per heavy atom. The number of hydrogen-bond acceptors (Lipinski definition) is 5. The highest BCUT2D eigenvalue weighted by molar-refractivity contribution is 5.92. The van der Waals surface area contributed by atoms with Crippen LogP contribution < -0.4 is 5.32 Å². The molecular formula is C21H24N2O4. The van der Waals surface area contributed by atoms with Crippen molar-refractivity contribution in [1.29, 1.82) is 0 Å². The quantitative estimate of drug-likeness (QED) is 0.781. The van der Waals surface area contributed by atoms with E-state index >= 15 is 0 Å². The van der Waals surface area contributed by atoms with E-state index in [-0.39, 0.29) is 18.5 Å². The molecule has 3 atom stereocenters. The van der Waals surface area contributed by atoms with Gasteiger partial charge in [0.15, 0.2) is 6.61 Å². The predicted molar refractivity (Wildman–Crippen MR) is 99.8 cm³/mol. The number of hydrogen-bond donors (Lipinski definition) is 1. The molecule has 0 spiro atoms. The molecule has 0 unspecified atom stereocenters. The fourth-order valence-corrected chi connectivity index (χ4v) is 4.41.